The van der Waals surface area contributed by atoms with Gasteiger partial charge in [-0.3, -0.25) is 0 Å². The van der Waals surface area contributed by atoms with E-state index < -0.39 is 34.8 Å². The predicted molar refractivity (Wildman–Crippen MR) is 61.2 cm³/mol. The fourth-order valence-electron chi connectivity index (χ4n) is 2.43. The summed E-state index contributed by atoms with van der Waals surface area (Å²) in [4.78, 5) is 0. The summed E-state index contributed by atoms with van der Waals surface area (Å²) in [5, 5.41) is 2.45. The van der Waals surface area contributed by atoms with E-state index in [1.807, 2.05) is 27.7 Å². The monoisotopic (exact) mass is 279 g/mol. The van der Waals surface area contributed by atoms with Gasteiger partial charge in [0.25, 0.3) is 0 Å². The van der Waals surface area contributed by atoms with Crippen molar-refractivity contribution in [1.82, 2.24) is 0 Å². The van der Waals surface area contributed by atoms with Crippen LogP contribution in [0.5, 0.6) is 0 Å². The summed E-state index contributed by atoms with van der Waals surface area (Å²) in [7, 11) is 0. The lowest BCUT2D eigenvalue weighted by atomic mass is 10.0. The molecular weight excluding hydrogens is 265 g/mol. The van der Waals surface area contributed by atoms with Crippen molar-refractivity contribution in [3.05, 3.63) is 29.1 Å². The molecule has 106 valence electrons. The number of hydrogen-bond acceptors (Lipinski definition) is 1. The van der Waals surface area contributed by atoms with Crippen LogP contribution in [-0.4, -0.2) is 6.04 Å². The van der Waals surface area contributed by atoms with Gasteiger partial charge in [-0.05, 0) is 10.8 Å². The van der Waals surface area contributed by atoms with Gasteiger partial charge in [0.05, 0.1) is 0 Å². The van der Waals surface area contributed by atoms with Crippen molar-refractivity contribution in [2.45, 2.75) is 33.7 Å². The summed E-state index contributed by atoms with van der Waals surface area (Å²) in [5.74, 6) is -9.66. The second-order valence-corrected chi connectivity index (χ2v) is 5.97. The molecule has 2 rings (SSSR count). The largest absolute Gasteiger partial charge is 0.376 e. The Morgan fingerprint density at radius 3 is 1.32 bits per heavy atom. The number of anilines is 1. The van der Waals surface area contributed by atoms with Crippen molar-refractivity contribution >= 4 is 5.69 Å². The second kappa shape index (κ2) is 3.84. The van der Waals surface area contributed by atoms with E-state index in [1.165, 1.54) is 0 Å². The van der Waals surface area contributed by atoms with Crippen molar-refractivity contribution < 1.29 is 22.0 Å². The van der Waals surface area contributed by atoms with Crippen molar-refractivity contribution in [3.63, 3.8) is 0 Å². The number of benzene rings is 1. The van der Waals surface area contributed by atoms with Crippen LogP contribution in [0.25, 0.3) is 0 Å². The Morgan fingerprint density at radius 1 is 0.684 bits per heavy atom. The van der Waals surface area contributed by atoms with Crippen LogP contribution >= 0.6 is 0 Å². The molecule has 0 amide bonds. The first-order valence-corrected chi connectivity index (χ1v) is 5.81. The van der Waals surface area contributed by atoms with Gasteiger partial charge in [-0.1, -0.05) is 27.7 Å². The average molecular weight is 279 g/mol. The molecule has 1 nitrogen and oxygen atoms in total. The first-order chi connectivity index (χ1) is 8.53. The minimum absolute atomic E-state index is 0.298. The number of halogens is 5. The normalized spacial score (nSPS) is 20.5. The van der Waals surface area contributed by atoms with Gasteiger partial charge in [-0.15, -0.1) is 0 Å². The van der Waals surface area contributed by atoms with E-state index >= 15 is 0 Å². The lowest BCUT2D eigenvalue weighted by Gasteiger charge is -2.12. The molecule has 1 aliphatic carbocycles. The molecule has 0 aromatic heterocycles. The molecule has 0 bridgehead atoms. The number of hydrogen-bond donors (Lipinski definition) is 1. The highest BCUT2D eigenvalue weighted by atomic mass is 19.2. The standard InChI is InChI=1S/C13H14F5N/c1-12(2)11(13(12,3)4)19-10-8(17)6(15)5(14)7(16)9(10)18/h11,19H,1-4H3. The summed E-state index contributed by atoms with van der Waals surface area (Å²) in [6.45, 7) is 7.43. The molecule has 0 aliphatic heterocycles. The van der Waals surface area contributed by atoms with Gasteiger partial charge in [0.15, 0.2) is 23.3 Å². The maximum absolute atomic E-state index is 13.5. The molecule has 1 aromatic rings. The Morgan fingerprint density at radius 2 is 1.00 bits per heavy atom. The zero-order valence-electron chi connectivity index (χ0n) is 11.0. The number of rotatable bonds is 2. The fourth-order valence-corrected chi connectivity index (χ4v) is 2.43. The first kappa shape index (κ1) is 14.1. The van der Waals surface area contributed by atoms with E-state index in [-0.39, 0.29) is 16.9 Å². The Kier molecular flexibility index (Phi) is 2.84. The molecule has 0 radical (unpaired) electrons. The second-order valence-electron chi connectivity index (χ2n) is 5.97. The zero-order valence-corrected chi connectivity index (χ0v) is 11.0. The van der Waals surface area contributed by atoms with Gasteiger partial charge in [-0.2, -0.15) is 0 Å². The van der Waals surface area contributed by atoms with Gasteiger partial charge >= 0.3 is 0 Å². The van der Waals surface area contributed by atoms with Crippen LogP contribution in [0, 0.1) is 39.9 Å². The SMILES string of the molecule is CC1(C)C(Nc2c(F)c(F)c(F)c(F)c2F)C1(C)C. The third-order valence-electron chi connectivity index (χ3n) is 4.52. The van der Waals surface area contributed by atoms with Crippen LogP contribution in [-0.2, 0) is 0 Å². The highest BCUT2D eigenvalue weighted by Crippen LogP contribution is 2.63. The van der Waals surface area contributed by atoms with Gasteiger partial charge in [0.1, 0.15) is 5.69 Å². The summed E-state index contributed by atoms with van der Waals surface area (Å²) in [6, 6.07) is -0.367. The van der Waals surface area contributed by atoms with Crippen molar-refractivity contribution in [1.29, 1.82) is 0 Å². The molecule has 1 aliphatic rings. The summed E-state index contributed by atoms with van der Waals surface area (Å²) in [6.07, 6.45) is 0. The highest BCUT2D eigenvalue weighted by molar-refractivity contribution is 5.51. The van der Waals surface area contributed by atoms with E-state index in [9.17, 15) is 22.0 Å². The van der Waals surface area contributed by atoms with E-state index in [0.717, 1.165) is 0 Å². The molecule has 19 heavy (non-hydrogen) atoms. The summed E-state index contributed by atoms with van der Waals surface area (Å²) in [5.41, 5.74) is -1.56. The smallest absolute Gasteiger partial charge is 0.200 e. The minimum atomic E-state index is -2.14. The van der Waals surface area contributed by atoms with E-state index in [4.69, 9.17) is 0 Å². The molecule has 0 saturated heterocycles. The summed E-state index contributed by atoms with van der Waals surface area (Å²) < 4.78 is 66.0. The Labute approximate surface area is 107 Å². The maximum Gasteiger partial charge on any atom is 0.200 e. The lowest BCUT2D eigenvalue weighted by molar-refractivity contribution is 0.381. The van der Waals surface area contributed by atoms with Gasteiger partial charge in [0.2, 0.25) is 5.82 Å². The topological polar surface area (TPSA) is 12.0 Å². The van der Waals surface area contributed by atoms with E-state index in [0.29, 0.717) is 0 Å². The molecule has 1 saturated carbocycles. The van der Waals surface area contributed by atoms with E-state index in [1.54, 1.807) is 0 Å². The molecule has 1 fully saturated rings. The Bertz CT molecular complexity index is 507. The molecule has 1 aromatic carbocycles. The molecule has 0 spiro atoms. The predicted octanol–water partition coefficient (Wildman–Crippen LogP) is 4.23. The average Bonchev–Trinajstić information content (AvgIpc) is 2.71. The lowest BCUT2D eigenvalue weighted by Crippen LogP contribution is -2.15. The van der Waals surface area contributed by atoms with E-state index in [2.05, 4.69) is 5.32 Å². The van der Waals surface area contributed by atoms with Crippen LogP contribution < -0.4 is 5.32 Å². The summed E-state index contributed by atoms with van der Waals surface area (Å²) >= 11 is 0. The van der Waals surface area contributed by atoms with Crippen molar-refractivity contribution in [2.75, 3.05) is 5.32 Å². The third-order valence-corrected chi connectivity index (χ3v) is 4.52. The third kappa shape index (κ3) is 1.72. The van der Waals surface area contributed by atoms with Crippen molar-refractivity contribution in [3.8, 4) is 0 Å². The molecular formula is C13H14F5N. The van der Waals surface area contributed by atoms with Crippen LogP contribution in [0.15, 0.2) is 0 Å². The molecule has 0 heterocycles. The highest BCUT2D eigenvalue weighted by Gasteiger charge is 2.65. The quantitative estimate of drug-likeness (QED) is 0.485. The van der Waals surface area contributed by atoms with Crippen LogP contribution in [0.4, 0.5) is 27.6 Å². The fraction of sp³-hybridized carbons (Fsp3) is 0.538. The maximum atomic E-state index is 13.5. The van der Waals surface area contributed by atoms with Crippen LogP contribution in [0.3, 0.4) is 0 Å². The molecule has 1 N–H and O–H groups in total. The molecule has 0 unspecified atom stereocenters. The molecule has 6 heteroatoms. The van der Waals surface area contributed by atoms with Gasteiger partial charge in [0, 0.05) is 6.04 Å². The van der Waals surface area contributed by atoms with Crippen molar-refractivity contribution in [2.24, 2.45) is 10.8 Å². The first-order valence-electron chi connectivity index (χ1n) is 5.81. The number of nitrogens with one attached hydrogen (secondary N) is 1. The van der Waals surface area contributed by atoms with Gasteiger partial charge < -0.3 is 5.32 Å². The van der Waals surface area contributed by atoms with Crippen LogP contribution in [0.1, 0.15) is 27.7 Å². The zero-order chi connectivity index (χ0) is 14.7. The minimum Gasteiger partial charge on any atom is -0.376 e. The molecule has 0 atom stereocenters. The van der Waals surface area contributed by atoms with Gasteiger partial charge in [-0.25, -0.2) is 22.0 Å². The Balaban J connectivity index is 2.44. The Hall–Kier alpha value is -1.33. The van der Waals surface area contributed by atoms with Crippen LogP contribution in [0.2, 0.25) is 0 Å².